The number of hydrogen-bond acceptors (Lipinski definition) is 2. The van der Waals surface area contributed by atoms with Crippen LogP contribution >= 0.6 is 0 Å². The van der Waals surface area contributed by atoms with Crippen molar-refractivity contribution in [2.45, 2.75) is 119 Å². The summed E-state index contributed by atoms with van der Waals surface area (Å²) in [5, 5.41) is -1.59. The molecule has 0 aliphatic heterocycles. The fourth-order valence-corrected chi connectivity index (χ4v) is 12.3. The largest absolute Gasteiger partial charge is 0.460 e. The maximum Gasteiger partial charge on any atom is 0.460 e. The van der Waals surface area contributed by atoms with Gasteiger partial charge in [0.15, 0.2) is 8.32 Å². The van der Waals surface area contributed by atoms with Crippen molar-refractivity contribution in [1.29, 1.82) is 0 Å². The van der Waals surface area contributed by atoms with Gasteiger partial charge in [0, 0.05) is 18.1 Å². The van der Waals surface area contributed by atoms with Crippen LogP contribution in [-0.2, 0) is 8.54 Å². The van der Waals surface area contributed by atoms with Gasteiger partial charge in [0.05, 0.1) is 0 Å². The van der Waals surface area contributed by atoms with Crippen LogP contribution in [0.1, 0.15) is 48.0 Å². The van der Waals surface area contributed by atoms with Gasteiger partial charge >= 0.3 is 56.2 Å². The lowest BCUT2D eigenvalue weighted by atomic mass is 9.88. The minimum absolute atomic E-state index is 0.205. The van der Waals surface area contributed by atoms with Crippen LogP contribution in [0.25, 0.3) is 0 Å². The first kappa shape index (κ1) is 43.4. The number of halogens is 17. The van der Waals surface area contributed by atoms with Crippen LogP contribution in [0.5, 0.6) is 0 Å². The van der Waals surface area contributed by atoms with Crippen molar-refractivity contribution < 1.29 is 83.2 Å². The minimum atomic E-state index is -8.67. The molecule has 47 heavy (non-hydrogen) atoms. The van der Waals surface area contributed by atoms with Crippen molar-refractivity contribution in [3.63, 3.8) is 0 Å². The molecule has 21 heteroatoms. The third-order valence-electron chi connectivity index (χ3n) is 7.85. The Labute approximate surface area is 261 Å². The lowest BCUT2D eigenvalue weighted by molar-refractivity contribution is -0.461. The Morgan fingerprint density at radius 2 is 0.872 bits per heavy atom. The molecule has 0 N–H and O–H groups in total. The molecule has 1 rings (SSSR count). The highest BCUT2D eigenvalue weighted by molar-refractivity contribution is 6.92. The molecule has 0 saturated heterocycles. The summed E-state index contributed by atoms with van der Waals surface area (Å²) < 4.78 is 245. The van der Waals surface area contributed by atoms with E-state index >= 15 is 0 Å². The second-order valence-electron chi connectivity index (χ2n) is 13.3. The molecular weight excluding hydrogens is 723 g/mol. The number of benzene rings is 1. The van der Waals surface area contributed by atoms with E-state index in [9.17, 15) is 74.6 Å². The molecule has 0 aliphatic rings. The van der Waals surface area contributed by atoms with Gasteiger partial charge in [0.2, 0.25) is 0 Å². The van der Waals surface area contributed by atoms with Gasteiger partial charge in [-0.15, -0.1) is 0 Å². The van der Waals surface area contributed by atoms with Gasteiger partial charge in [0.25, 0.3) is 0 Å². The summed E-state index contributed by atoms with van der Waals surface area (Å²) in [6.45, 7) is 11.3. The summed E-state index contributed by atoms with van der Waals surface area (Å²) in [6.07, 6.45) is -10.5. The van der Waals surface area contributed by atoms with E-state index in [1.165, 1.54) is 51.1 Å². The van der Waals surface area contributed by atoms with E-state index in [4.69, 9.17) is 8.54 Å². The summed E-state index contributed by atoms with van der Waals surface area (Å²) in [7, 11) is -7.22. The average molecular weight is 757 g/mol. The van der Waals surface area contributed by atoms with E-state index in [1.807, 2.05) is 0 Å². The standard InChI is InChI=1S/C26H33F17O2Si2/c1-17(2,3)46(7,8)45-47(18(4,5)6,16-12-10-9-11-13-16)44-15-14-19(27,28)20(29,30)21(31,32)22(33,34)23(35,36)24(37,38)25(39,40)26(41,42)43/h9-13H,14-15H2,1-8H3. The highest BCUT2D eigenvalue weighted by Gasteiger charge is 2.95. The van der Waals surface area contributed by atoms with Crippen LogP contribution in [0.2, 0.25) is 23.2 Å². The molecule has 0 bridgehead atoms. The van der Waals surface area contributed by atoms with Crippen LogP contribution in [0.4, 0.5) is 74.6 Å². The predicted octanol–water partition coefficient (Wildman–Crippen LogP) is 10.6. The van der Waals surface area contributed by atoms with E-state index in [0.717, 1.165) is 0 Å². The van der Waals surface area contributed by atoms with Gasteiger partial charge in [0.1, 0.15) is 0 Å². The summed E-state index contributed by atoms with van der Waals surface area (Å²) in [4.78, 5) is 0. The monoisotopic (exact) mass is 756 g/mol. The maximum absolute atomic E-state index is 14.7. The van der Waals surface area contributed by atoms with Gasteiger partial charge in [-0.05, 0) is 23.3 Å². The molecule has 0 fully saturated rings. The molecule has 0 radical (unpaired) electrons. The fraction of sp³-hybridized carbons (Fsp3) is 0.769. The minimum Gasteiger partial charge on any atom is -0.432 e. The van der Waals surface area contributed by atoms with Crippen molar-refractivity contribution in [1.82, 2.24) is 0 Å². The first-order valence-corrected chi connectivity index (χ1v) is 18.1. The topological polar surface area (TPSA) is 18.5 Å². The first-order chi connectivity index (χ1) is 20.3. The van der Waals surface area contributed by atoms with Crippen molar-refractivity contribution in [3.05, 3.63) is 30.3 Å². The predicted molar refractivity (Wildman–Crippen MR) is 141 cm³/mol. The molecule has 1 unspecified atom stereocenters. The Morgan fingerprint density at radius 1 is 0.511 bits per heavy atom. The molecule has 1 atom stereocenters. The Morgan fingerprint density at radius 3 is 1.21 bits per heavy atom. The van der Waals surface area contributed by atoms with Gasteiger partial charge in [-0.25, -0.2) is 0 Å². The lowest BCUT2D eigenvalue weighted by Gasteiger charge is -2.49. The van der Waals surface area contributed by atoms with Crippen LogP contribution in [0.3, 0.4) is 0 Å². The highest BCUT2D eigenvalue weighted by atomic mass is 28.4. The third kappa shape index (κ3) is 6.91. The second-order valence-corrected chi connectivity index (χ2v) is 22.3. The Hall–Kier alpha value is -1.62. The Kier molecular flexibility index (Phi) is 11.4. The van der Waals surface area contributed by atoms with Crippen molar-refractivity contribution in [3.8, 4) is 0 Å². The van der Waals surface area contributed by atoms with Crippen molar-refractivity contribution >= 4 is 22.1 Å². The number of hydrogen-bond donors (Lipinski definition) is 0. The molecular formula is C26H33F17O2Si2. The SMILES string of the molecule is CC(C)(C)[Si](C)(C)O[Si](OCCC(F)(F)C(F)(F)C(F)(F)C(F)(F)C(F)(F)C(F)(F)C(F)(F)C(F)(F)F)(c1ccccc1)C(C)(C)C. The zero-order chi connectivity index (χ0) is 37.9. The number of alkyl halides is 17. The van der Waals surface area contributed by atoms with Crippen molar-refractivity contribution in [2.24, 2.45) is 0 Å². The van der Waals surface area contributed by atoms with E-state index < -0.39 is 87.6 Å². The molecule has 0 amide bonds. The van der Waals surface area contributed by atoms with E-state index in [-0.39, 0.29) is 5.19 Å². The molecule has 0 heterocycles. The average Bonchev–Trinajstić information content (AvgIpc) is 2.85. The quantitative estimate of drug-likeness (QED) is 0.147. The van der Waals surface area contributed by atoms with Crippen LogP contribution in [0.15, 0.2) is 30.3 Å². The highest BCUT2D eigenvalue weighted by Crippen LogP contribution is 2.64. The van der Waals surface area contributed by atoms with Gasteiger partial charge in [-0.2, -0.15) is 74.6 Å². The first-order valence-electron chi connectivity index (χ1n) is 13.4. The van der Waals surface area contributed by atoms with Gasteiger partial charge < -0.3 is 8.54 Å². The molecule has 0 spiro atoms. The molecule has 0 saturated carbocycles. The van der Waals surface area contributed by atoms with E-state index in [1.54, 1.807) is 33.9 Å². The Bertz CT molecular complexity index is 1220. The zero-order valence-corrected chi connectivity index (χ0v) is 28.0. The Balaban J connectivity index is 3.67. The molecule has 1 aromatic carbocycles. The molecule has 0 aliphatic carbocycles. The zero-order valence-electron chi connectivity index (χ0n) is 26.0. The third-order valence-corrected chi connectivity index (χ3v) is 18.3. The fourth-order valence-electron chi connectivity index (χ4n) is 3.82. The van der Waals surface area contributed by atoms with E-state index in [2.05, 4.69) is 0 Å². The van der Waals surface area contributed by atoms with Crippen LogP contribution in [0, 0.1) is 0 Å². The maximum atomic E-state index is 14.7. The van der Waals surface area contributed by atoms with Crippen LogP contribution < -0.4 is 5.19 Å². The van der Waals surface area contributed by atoms with Crippen LogP contribution in [-0.4, -0.2) is 71.1 Å². The van der Waals surface area contributed by atoms with Gasteiger partial charge in [-0.3, -0.25) is 0 Å². The summed E-state index contributed by atoms with van der Waals surface area (Å²) in [5.74, 6) is -56.7. The summed E-state index contributed by atoms with van der Waals surface area (Å²) >= 11 is 0. The molecule has 2 nitrogen and oxygen atoms in total. The normalized spacial score (nSPS) is 17.1. The number of rotatable bonds is 13. The molecule has 1 aromatic rings. The molecule has 276 valence electrons. The summed E-state index contributed by atoms with van der Waals surface area (Å²) in [5.41, 5.74) is 0. The van der Waals surface area contributed by atoms with Crippen molar-refractivity contribution in [2.75, 3.05) is 6.61 Å². The van der Waals surface area contributed by atoms with E-state index in [0.29, 0.717) is 0 Å². The molecule has 0 aromatic heterocycles. The second kappa shape index (κ2) is 12.3. The van der Waals surface area contributed by atoms with Gasteiger partial charge in [-0.1, -0.05) is 71.9 Å². The smallest absolute Gasteiger partial charge is 0.432 e. The lowest BCUT2D eigenvalue weighted by Crippen LogP contribution is -2.74. The summed E-state index contributed by atoms with van der Waals surface area (Å²) in [6, 6.07) is 7.23.